The number of rotatable bonds is 2. The van der Waals surface area contributed by atoms with Gasteiger partial charge in [0.05, 0.1) is 0 Å². The molecule has 0 fully saturated rings. The van der Waals surface area contributed by atoms with Crippen molar-refractivity contribution in [1.82, 2.24) is 25.1 Å². The van der Waals surface area contributed by atoms with Crippen molar-refractivity contribution in [2.75, 3.05) is 5.73 Å². The van der Waals surface area contributed by atoms with Crippen molar-refractivity contribution in [2.24, 2.45) is 0 Å². The van der Waals surface area contributed by atoms with E-state index in [0.29, 0.717) is 11.0 Å². The molecule has 0 aromatic carbocycles. The number of nitrogens with two attached hydrogens (primary N) is 1. The molecule has 2 heterocycles. The highest BCUT2D eigenvalue weighted by molar-refractivity contribution is 7.99. The molecular formula is C11H16N6S. The van der Waals surface area contributed by atoms with Gasteiger partial charge >= 0.3 is 0 Å². The molecule has 0 aliphatic rings. The number of hydrogen-bond donors (Lipinski definition) is 2. The van der Waals surface area contributed by atoms with Crippen LogP contribution in [0.4, 0.5) is 5.82 Å². The van der Waals surface area contributed by atoms with E-state index in [-0.39, 0.29) is 5.41 Å². The van der Waals surface area contributed by atoms with Gasteiger partial charge in [0.2, 0.25) is 5.16 Å². The van der Waals surface area contributed by atoms with E-state index < -0.39 is 0 Å². The molecule has 2 rings (SSSR count). The first kappa shape index (κ1) is 12.8. The molecule has 0 atom stereocenters. The van der Waals surface area contributed by atoms with Gasteiger partial charge in [-0.25, -0.2) is 15.0 Å². The van der Waals surface area contributed by atoms with Gasteiger partial charge in [0.1, 0.15) is 22.5 Å². The fraction of sp³-hybridized carbons (Fsp3) is 0.455. The van der Waals surface area contributed by atoms with Crippen molar-refractivity contribution in [3.63, 3.8) is 0 Å². The Balaban J connectivity index is 2.31. The second-order valence-corrected chi connectivity index (χ2v) is 6.00. The Labute approximate surface area is 110 Å². The van der Waals surface area contributed by atoms with Crippen molar-refractivity contribution in [2.45, 2.75) is 43.3 Å². The lowest BCUT2D eigenvalue weighted by Gasteiger charge is -2.17. The molecule has 6 nitrogen and oxygen atoms in total. The summed E-state index contributed by atoms with van der Waals surface area (Å²) in [6.45, 7) is 8.00. The summed E-state index contributed by atoms with van der Waals surface area (Å²) in [6.07, 6.45) is 0. The van der Waals surface area contributed by atoms with Gasteiger partial charge < -0.3 is 5.73 Å². The average molecular weight is 264 g/mol. The van der Waals surface area contributed by atoms with Crippen LogP contribution in [0.3, 0.4) is 0 Å². The fourth-order valence-electron chi connectivity index (χ4n) is 1.29. The summed E-state index contributed by atoms with van der Waals surface area (Å²) in [4.78, 5) is 13.0. The first-order valence-corrected chi connectivity index (χ1v) is 6.38. The molecule has 2 aromatic heterocycles. The number of aromatic amines is 1. The molecule has 2 aromatic rings. The van der Waals surface area contributed by atoms with Crippen LogP contribution in [0.2, 0.25) is 0 Å². The van der Waals surface area contributed by atoms with Crippen molar-refractivity contribution >= 4 is 17.6 Å². The summed E-state index contributed by atoms with van der Waals surface area (Å²) >= 11 is 1.37. The fourth-order valence-corrected chi connectivity index (χ4v) is 2.06. The highest BCUT2D eigenvalue weighted by Gasteiger charge is 2.19. The zero-order valence-corrected chi connectivity index (χ0v) is 11.7. The quantitative estimate of drug-likeness (QED) is 0.805. The third kappa shape index (κ3) is 2.98. The van der Waals surface area contributed by atoms with Crippen molar-refractivity contribution in [3.05, 3.63) is 17.7 Å². The van der Waals surface area contributed by atoms with E-state index in [2.05, 4.69) is 25.1 Å². The molecule has 7 heteroatoms. The lowest BCUT2D eigenvalue weighted by atomic mass is 9.96. The number of hydrogen-bond acceptors (Lipinski definition) is 6. The molecule has 0 saturated heterocycles. The number of anilines is 1. The lowest BCUT2D eigenvalue weighted by molar-refractivity contribution is 0.539. The van der Waals surface area contributed by atoms with Crippen LogP contribution in [0.15, 0.2) is 16.2 Å². The van der Waals surface area contributed by atoms with Gasteiger partial charge in [-0.3, -0.25) is 5.10 Å². The number of nitrogen functional groups attached to an aromatic ring is 1. The highest BCUT2D eigenvalue weighted by atomic mass is 32.2. The SMILES string of the molecule is Cc1nc(Sc2cc(N)nc(C(C)(C)C)n2)n[nH]1. The smallest absolute Gasteiger partial charge is 0.214 e. The zero-order valence-electron chi connectivity index (χ0n) is 10.9. The summed E-state index contributed by atoms with van der Waals surface area (Å²) in [6, 6.07) is 1.73. The van der Waals surface area contributed by atoms with E-state index in [1.54, 1.807) is 6.07 Å². The van der Waals surface area contributed by atoms with Gasteiger partial charge in [-0.15, -0.1) is 5.10 Å². The molecule has 0 aliphatic heterocycles. The Kier molecular flexibility index (Phi) is 3.25. The van der Waals surface area contributed by atoms with Gasteiger partial charge in [0.15, 0.2) is 0 Å². The summed E-state index contributed by atoms with van der Waals surface area (Å²) in [5.74, 6) is 1.96. The Morgan fingerprint density at radius 2 is 1.94 bits per heavy atom. The van der Waals surface area contributed by atoms with Crippen LogP contribution in [0.25, 0.3) is 0 Å². The Bertz CT molecular complexity index is 557. The number of aryl methyl sites for hydroxylation is 1. The van der Waals surface area contributed by atoms with Crippen molar-refractivity contribution in [1.29, 1.82) is 0 Å². The van der Waals surface area contributed by atoms with E-state index >= 15 is 0 Å². The van der Waals surface area contributed by atoms with Crippen LogP contribution in [0.5, 0.6) is 0 Å². The maximum Gasteiger partial charge on any atom is 0.214 e. The molecule has 0 unspecified atom stereocenters. The maximum absolute atomic E-state index is 5.80. The maximum atomic E-state index is 5.80. The highest BCUT2D eigenvalue weighted by Crippen LogP contribution is 2.27. The lowest BCUT2D eigenvalue weighted by Crippen LogP contribution is -2.17. The van der Waals surface area contributed by atoms with Crippen LogP contribution in [-0.2, 0) is 5.41 Å². The number of nitrogens with zero attached hydrogens (tertiary/aromatic N) is 4. The van der Waals surface area contributed by atoms with Gasteiger partial charge in [0, 0.05) is 11.5 Å². The minimum atomic E-state index is -0.139. The van der Waals surface area contributed by atoms with Crippen LogP contribution in [0, 0.1) is 6.92 Å². The van der Waals surface area contributed by atoms with E-state index in [1.807, 2.05) is 27.7 Å². The molecule has 3 N–H and O–H groups in total. The number of H-pyrrole nitrogens is 1. The summed E-state index contributed by atoms with van der Waals surface area (Å²) in [5.41, 5.74) is 5.66. The van der Waals surface area contributed by atoms with E-state index in [4.69, 9.17) is 5.73 Å². The Morgan fingerprint density at radius 3 is 2.50 bits per heavy atom. The van der Waals surface area contributed by atoms with E-state index in [0.717, 1.165) is 16.7 Å². The molecule has 96 valence electrons. The summed E-state index contributed by atoms with van der Waals surface area (Å²) < 4.78 is 0. The molecule has 0 bridgehead atoms. The third-order valence-corrected chi connectivity index (χ3v) is 2.95. The number of nitrogens with one attached hydrogen (secondary N) is 1. The number of aromatic nitrogens is 5. The molecule has 0 saturated carbocycles. The monoisotopic (exact) mass is 264 g/mol. The summed E-state index contributed by atoms with van der Waals surface area (Å²) in [5, 5.41) is 8.24. The topological polar surface area (TPSA) is 93.4 Å². The molecule has 18 heavy (non-hydrogen) atoms. The van der Waals surface area contributed by atoms with Crippen LogP contribution < -0.4 is 5.73 Å². The summed E-state index contributed by atoms with van der Waals surface area (Å²) in [7, 11) is 0. The average Bonchev–Trinajstić information content (AvgIpc) is 2.61. The van der Waals surface area contributed by atoms with Crippen LogP contribution >= 0.6 is 11.8 Å². The first-order chi connectivity index (χ1) is 8.34. The molecule has 0 aliphatic carbocycles. The second-order valence-electron chi connectivity index (χ2n) is 5.01. The largest absolute Gasteiger partial charge is 0.384 e. The molecular weight excluding hydrogens is 248 g/mol. The molecule has 0 amide bonds. The predicted molar refractivity (Wildman–Crippen MR) is 70.4 cm³/mol. The van der Waals surface area contributed by atoms with E-state index in [9.17, 15) is 0 Å². The molecule has 0 spiro atoms. The minimum absolute atomic E-state index is 0.139. The van der Waals surface area contributed by atoms with E-state index in [1.165, 1.54) is 11.8 Å². The van der Waals surface area contributed by atoms with Gasteiger partial charge in [-0.1, -0.05) is 20.8 Å². The van der Waals surface area contributed by atoms with Crippen molar-refractivity contribution in [3.8, 4) is 0 Å². The normalized spacial score (nSPS) is 11.8. The minimum Gasteiger partial charge on any atom is -0.384 e. The second kappa shape index (κ2) is 4.56. The Hall–Kier alpha value is -1.63. The van der Waals surface area contributed by atoms with Crippen LogP contribution in [-0.4, -0.2) is 25.1 Å². The standard InChI is InChI=1S/C11H16N6S/c1-6-13-10(17-16-6)18-8-5-7(12)14-9(15-8)11(2,3)4/h5H,1-4H3,(H2,12,14,15)(H,13,16,17). The van der Waals surface area contributed by atoms with Gasteiger partial charge in [-0.05, 0) is 18.7 Å². The zero-order chi connectivity index (χ0) is 13.3. The first-order valence-electron chi connectivity index (χ1n) is 5.56. The van der Waals surface area contributed by atoms with Crippen LogP contribution in [0.1, 0.15) is 32.4 Å². The Morgan fingerprint density at radius 1 is 1.22 bits per heavy atom. The van der Waals surface area contributed by atoms with Gasteiger partial charge in [0.25, 0.3) is 0 Å². The predicted octanol–water partition coefficient (Wildman–Crippen LogP) is 1.93. The van der Waals surface area contributed by atoms with Gasteiger partial charge in [-0.2, -0.15) is 0 Å². The third-order valence-electron chi connectivity index (χ3n) is 2.17. The van der Waals surface area contributed by atoms with Crippen molar-refractivity contribution < 1.29 is 0 Å². The molecule has 0 radical (unpaired) electrons.